The minimum atomic E-state index is -0.696. The number of hydrogen-bond donors (Lipinski definition) is 1. The van der Waals surface area contributed by atoms with E-state index in [-0.39, 0.29) is 30.5 Å². The molecule has 0 fully saturated rings. The summed E-state index contributed by atoms with van der Waals surface area (Å²) in [4.78, 5) is 37.0. The van der Waals surface area contributed by atoms with Gasteiger partial charge in [0, 0.05) is 18.7 Å². The van der Waals surface area contributed by atoms with Crippen LogP contribution in [0, 0.1) is 0 Å². The number of nitrogens with one attached hydrogen (secondary N) is 1. The van der Waals surface area contributed by atoms with E-state index in [1.807, 2.05) is 0 Å². The standard InChI is InChI=1S/C17H20N2O7/c1-10(20)18-13-6-5-11(7-14(13)23-2)19-9-26-8-12(16(21)24-3)15(19)17(22)25-4/h5-7H,8-9H2,1-4H3,(H,18,20). The highest BCUT2D eigenvalue weighted by molar-refractivity contribution is 6.03. The van der Waals surface area contributed by atoms with Crippen LogP contribution in [0.15, 0.2) is 29.5 Å². The SMILES string of the molecule is COC(=O)C1=C(C(=O)OC)N(c2ccc(NC(C)=O)c(OC)c2)COC1. The molecular formula is C17H20N2O7. The Kier molecular flexibility index (Phi) is 6.18. The predicted molar refractivity (Wildman–Crippen MR) is 91.7 cm³/mol. The maximum absolute atomic E-state index is 12.3. The second-order valence-electron chi connectivity index (χ2n) is 5.28. The molecule has 1 aliphatic rings. The van der Waals surface area contributed by atoms with Gasteiger partial charge in [0.15, 0.2) is 0 Å². The molecule has 9 heteroatoms. The molecule has 1 aromatic carbocycles. The van der Waals surface area contributed by atoms with Gasteiger partial charge in [-0.15, -0.1) is 0 Å². The number of methoxy groups -OCH3 is 3. The van der Waals surface area contributed by atoms with Crippen molar-refractivity contribution in [2.24, 2.45) is 0 Å². The number of benzene rings is 1. The van der Waals surface area contributed by atoms with Crippen molar-refractivity contribution in [3.63, 3.8) is 0 Å². The molecule has 0 aliphatic carbocycles. The molecule has 140 valence electrons. The minimum Gasteiger partial charge on any atom is -0.494 e. The Labute approximate surface area is 150 Å². The molecule has 0 radical (unpaired) electrons. The molecule has 1 aliphatic heterocycles. The van der Waals surface area contributed by atoms with Gasteiger partial charge in [0.25, 0.3) is 0 Å². The average Bonchev–Trinajstić information content (AvgIpc) is 2.65. The normalized spacial score (nSPS) is 13.9. The molecule has 0 bridgehead atoms. The van der Waals surface area contributed by atoms with Crippen molar-refractivity contribution in [2.75, 3.05) is 44.9 Å². The van der Waals surface area contributed by atoms with Crippen molar-refractivity contribution in [2.45, 2.75) is 6.92 Å². The van der Waals surface area contributed by atoms with Crippen LogP contribution in [-0.4, -0.2) is 52.5 Å². The van der Waals surface area contributed by atoms with Crippen molar-refractivity contribution < 1.29 is 33.3 Å². The van der Waals surface area contributed by atoms with Gasteiger partial charge in [-0.05, 0) is 12.1 Å². The molecule has 0 atom stereocenters. The quantitative estimate of drug-likeness (QED) is 0.773. The van der Waals surface area contributed by atoms with E-state index in [1.165, 1.54) is 33.2 Å². The summed E-state index contributed by atoms with van der Waals surface area (Å²) in [7, 11) is 3.89. The number of esters is 2. The predicted octanol–water partition coefficient (Wildman–Crippen LogP) is 1.05. The van der Waals surface area contributed by atoms with Crippen molar-refractivity contribution >= 4 is 29.2 Å². The maximum atomic E-state index is 12.3. The number of amides is 1. The molecule has 0 saturated heterocycles. The fourth-order valence-electron chi connectivity index (χ4n) is 2.49. The molecule has 0 aromatic heterocycles. The third-order valence-corrected chi connectivity index (χ3v) is 3.64. The van der Waals surface area contributed by atoms with Crippen LogP contribution < -0.4 is 15.0 Å². The van der Waals surface area contributed by atoms with Crippen LogP contribution in [-0.2, 0) is 28.6 Å². The number of ether oxygens (including phenoxy) is 4. The first-order valence-electron chi connectivity index (χ1n) is 7.63. The van der Waals surface area contributed by atoms with Crippen LogP contribution >= 0.6 is 0 Å². The topological polar surface area (TPSA) is 103 Å². The van der Waals surface area contributed by atoms with Crippen LogP contribution in [0.1, 0.15) is 6.92 Å². The molecule has 1 N–H and O–H groups in total. The second-order valence-corrected chi connectivity index (χ2v) is 5.28. The van der Waals surface area contributed by atoms with Crippen LogP contribution in [0.25, 0.3) is 0 Å². The maximum Gasteiger partial charge on any atom is 0.355 e. The lowest BCUT2D eigenvalue weighted by Gasteiger charge is -2.31. The number of carbonyl (C=O) groups excluding carboxylic acids is 3. The van der Waals surface area contributed by atoms with Gasteiger partial charge in [-0.2, -0.15) is 0 Å². The Bertz CT molecular complexity index is 757. The summed E-state index contributed by atoms with van der Waals surface area (Å²) in [5.74, 6) is -1.25. The highest BCUT2D eigenvalue weighted by atomic mass is 16.5. The van der Waals surface area contributed by atoms with Crippen molar-refractivity contribution in [3.8, 4) is 5.75 Å². The Morgan fingerprint density at radius 1 is 1.12 bits per heavy atom. The summed E-state index contributed by atoms with van der Waals surface area (Å²) in [6.07, 6.45) is 0. The molecule has 26 heavy (non-hydrogen) atoms. The molecule has 1 heterocycles. The van der Waals surface area contributed by atoms with Gasteiger partial charge in [0.05, 0.1) is 39.2 Å². The molecule has 0 unspecified atom stereocenters. The van der Waals surface area contributed by atoms with E-state index in [4.69, 9.17) is 18.9 Å². The number of anilines is 2. The summed E-state index contributed by atoms with van der Waals surface area (Å²) in [5, 5.41) is 2.64. The van der Waals surface area contributed by atoms with E-state index in [9.17, 15) is 14.4 Å². The van der Waals surface area contributed by atoms with Gasteiger partial charge in [-0.1, -0.05) is 0 Å². The monoisotopic (exact) mass is 364 g/mol. The Morgan fingerprint density at radius 2 is 1.81 bits per heavy atom. The average molecular weight is 364 g/mol. The molecule has 0 spiro atoms. The molecule has 1 amide bonds. The number of nitrogens with zero attached hydrogens (tertiary/aromatic N) is 1. The molecule has 0 saturated carbocycles. The summed E-state index contributed by atoms with van der Waals surface area (Å²) < 4.78 is 20.2. The van der Waals surface area contributed by atoms with Gasteiger partial charge in [-0.3, -0.25) is 4.79 Å². The largest absolute Gasteiger partial charge is 0.494 e. The fourth-order valence-corrected chi connectivity index (χ4v) is 2.49. The van der Waals surface area contributed by atoms with Crippen LogP contribution in [0.5, 0.6) is 5.75 Å². The zero-order chi connectivity index (χ0) is 19.3. The highest BCUT2D eigenvalue weighted by Gasteiger charge is 2.32. The lowest BCUT2D eigenvalue weighted by atomic mass is 10.1. The first kappa shape index (κ1) is 19.3. The number of rotatable bonds is 5. The van der Waals surface area contributed by atoms with E-state index in [0.717, 1.165) is 0 Å². The first-order valence-corrected chi connectivity index (χ1v) is 7.63. The summed E-state index contributed by atoms with van der Waals surface area (Å²) in [5.41, 5.74) is 1.06. The number of hydrogen-bond acceptors (Lipinski definition) is 8. The Morgan fingerprint density at radius 3 is 2.38 bits per heavy atom. The van der Waals surface area contributed by atoms with Gasteiger partial charge >= 0.3 is 11.9 Å². The van der Waals surface area contributed by atoms with E-state index in [0.29, 0.717) is 17.1 Å². The van der Waals surface area contributed by atoms with Crippen LogP contribution in [0.2, 0.25) is 0 Å². The number of carbonyl (C=O) groups is 3. The minimum absolute atomic E-state index is 0.0214. The summed E-state index contributed by atoms with van der Waals surface area (Å²) in [6, 6.07) is 4.88. The van der Waals surface area contributed by atoms with E-state index in [2.05, 4.69) is 5.32 Å². The zero-order valence-electron chi connectivity index (χ0n) is 15.0. The van der Waals surface area contributed by atoms with Crippen molar-refractivity contribution in [3.05, 3.63) is 29.5 Å². The third kappa shape index (κ3) is 3.94. The second kappa shape index (κ2) is 8.34. The zero-order valence-corrected chi connectivity index (χ0v) is 15.0. The lowest BCUT2D eigenvalue weighted by molar-refractivity contribution is -0.140. The van der Waals surface area contributed by atoms with E-state index in [1.54, 1.807) is 18.2 Å². The lowest BCUT2D eigenvalue weighted by Crippen LogP contribution is -2.38. The smallest absolute Gasteiger partial charge is 0.355 e. The first-order chi connectivity index (χ1) is 12.4. The highest BCUT2D eigenvalue weighted by Crippen LogP contribution is 2.33. The fraction of sp³-hybridized carbons (Fsp3) is 0.353. The molecule has 9 nitrogen and oxygen atoms in total. The van der Waals surface area contributed by atoms with Crippen LogP contribution in [0.4, 0.5) is 11.4 Å². The van der Waals surface area contributed by atoms with E-state index >= 15 is 0 Å². The Balaban J connectivity index is 2.52. The van der Waals surface area contributed by atoms with E-state index < -0.39 is 11.9 Å². The van der Waals surface area contributed by atoms with Gasteiger partial charge in [0.1, 0.15) is 18.2 Å². The summed E-state index contributed by atoms with van der Waals surface area (Å²) in [6.45, 7) is 1.33. The van der Waals surface area contributed by atoms with Gasteiger partial charge < -0.3 is 29.2 Å². The third-order valence-electron chi connectivity index (χ3n) is 3.64. The molecule has 2 rings (SSSR count). The summed E-state index contributed by atoms with van der Waals surface area (Å²) >= 11 is 0. The van der Waals surface area contributed by atoms with Gasteiger partial charge in [-0.25, -0.2) is 9.59 Å². The Hall–Kier alpha value is -3.07. The molecular weight excluding hydrogens is 344 g/mol. The van der Waals surface area contributed by atoms with Crippen LogP contribution in [0.3, 0.4) is 0 Å². The van der Waals surface area contributed by atoms with Gasteiger partial charge in [0.2, 0.25) is 5.91 Å². The van der Waals surface area contributed by atoms with Crippen molar-refractivity contribution in [1.29, 1.82) is 0 Å². The van der Waals surface area contributed by atoms with Crippen molar-refractivity contribution in [1.82, 2.24) is 0 Å². The molecule has 1 aromatic rings.